The number of nitrogens with zero attached hydrogens (tertiary/aromatic N) is 4. The Morgan fingerprint density at radius 2 is 2.33 bits per heavy atom. The molecule has 112 valence electrons. The van der Waals surface area contributed by atoms with E-state index in [0.717, 1.165) is 30.7 Å². The first-order valence-corrected chi connectivity index (χ1v) is 7.30. The van der Waals surface area contributed by atoms with E-state index >= 15 is 0 Å². The largest absolute Gasteiger partial charge is 0.342 e. The van der Waals surface area contributed by atoms with E-state index in [1.54, 1.807) is 0 Å². The molecular weight excluding hydrogens is 268 g/mol. The molecule has 1 aliphatic rings. The summed E-state index contributed by atoms with van der Waals surface area (Å²) in [4.78, 5) is 16.5. The molecule has 1 unspecified atom stereocenters. The molecule has 0 aromatic carbocycles. The quantitative estimate of drug-likeness (QED) is 0.895. The van der Waals surface area contributed by atoms with Crippen LogP contribution in [0.4, 0.5) is 0 Å². The number of H-pyrrole nitrogens is 1. The number of nitrogens with one attached hydrogen (secondary N) is 2. The van der Waals surface area contributed by atoms with Gasteiger partial charge in [-0.15, -0.1) is 5.10 Å². The van der Waals surface area contributed by atoms with Crippen molar-refractivity contribution in [1.29, 1.82) is 0 Å². The lowest BCUT2D eigenvalue weighted by Gasteiger charge is -2.23. The number of aromatic nitrogens is 5. The van der Waals surface area contributed by atoms with E-state index in [4.69, 9.17) is 0 Å². The molecule has 0 aliphatic heterocycles. The van der Waals surface area contributed by atoms with Gasteiger partial charge in [-0.3, -0.25) is 14.6 Å². The Balaban J connectivity index is 1.76. The van der Waals surface area contributed by atoms with Crippen LogP contribution < -0.4 is 5.32 Å². The van der Waals surface area contributed by atoms with Crippen LogP contribution in [0.15, 0.2) is 6.20 Å². The molecule has 0 saturated carbocycles. The van der Waals surface area contributed by atoms with Crippen molar-refractivity contribution in [2.24, 2.45) is 7.05 Å². The van der Waals surface area contributed by atoms with Crippen molar-refractivity contribution in [2.45, 2.75) is 45.1 Å². The van der Waals surface area contributed by atoms with Crippen molar-refractivity contribution in [3.05, 3.63) is 29.1 Å². The van der Waals surface area contributed by atoms with Crippen molar-refractivity contribution in [3.8, 4) is 0 Å². The first-order chi connectivity index (χ1) is 10.1. The number of rotatable bonds is 3. The van der Waals surface area contributed by atoms with Gasteiger partial charge in [0.25, 0.3) is 5.91 Å². The SMILES string of the molecule is CC(C)c1nc(C(=O)NC2CCCc3c2cnn3C)n[nH]1. The topological polar surface area (TPSA) is 88.5 Å². The van der Waals surface area contributed by atoms with Gasteiger partial charge in [0.2, 0.25) is 5.82 Å². The fourth-order valence-electron chi connectivity index (χ4n) is 2.71. The summed E-state index contributed by atoms with van der Waals surface area (Å²) >= 11 is 0. The highest BCUT2D eigenvalue weighted by molar-refractivity contribution is 5.90. The standard InChI is InChI=1S/C14H20N6O/c1-8(2)12-17-13(19-18-12)14(21)16-10-5-4-6-11-9(10)7-15-20(11)3/h7-8,10H,4-6H2,1-3H3,(H,16,21)(H,17,18,19). The van der Waals surface area contributed by atoms with Crippen molar-refractivity contribution in [3.63, 3.8) is 0 Å². The number of aromatic amines is 1. The summed E-state index contributed by atoms with van der Waals surface area (Å²) in [5.41, 5.74) is 2.31. The third-order valence-corrected chi connectivity index (χ3v) is 3.93. The van der Waals surface area contributed by atoms with Gasteiger partial charge in [0.05, 0.1) is 12.2 Å². The predicted molar refractivity (Wildman–Crippen MR) is 76.8 cm³/mol. The van der Waals surface area contributed by atoms with Gasteiger partial charge in [0, 0.05) is 24.2 Å². The normalized spacial score (nSPS) is 17.8. The molecule has 1 amide bonds. The molecule has 0 saturated heterocycles. The van der Waals surface area contributed by atoms with E-state index < -0.39 is 0 Å². The Morgan fingerprint density at radius 1 is 1.52 bits per heavy atom. The van der Waals surface area contributed by atoms with Gasteiger partial charge in [-0.2, -0.15) is 5.10 Å². The lowest BCUT2D eigenvalue weighted by atomic mass is 9.93. The van der Waals surface area contributed by atoms with E-state index in [1.807, 2.05) is 31.8 Å². The zero-order chi connectivity index (χ0) is 15.0. The summed E-state index contributed by atoms with van der Waals surface area (Å²) in [5.74, 6) is 0.916. The van der Waals surface area contributed by atoms with Gasteiger partial charge < -0.3 is 5.32 Å². The van der Waals surface area contributed by atoms with Crippen LogP contribution in [-0.2, 0) is 13.5 Å². The predicted octanol–water partition coefficient (Wildman–Crippen LogP) is 1.47. The summed E-state index contributed by atoms with van der Waals surface area (Å²) < 4.78 is 1.89. The molecule has 21 heavy (non-hydrogen) atoms. The van der Waals surface area contributed by atoms with Gasteiger partial charge in [0.1, 0.15) is 5.82 Å². The summed E-state index contributed by atoms with van der Waals surface area (Å²) in [5, 5.41) is 14.1. The molecule has 0 fully saturated rings. The van der Waals surface area contributed by atoms with Crippen molar-refractivity contribution < 1.29 is 4.79 Å². The summed E-state index contributed by atoms with van der Waals surface area (Å²) in [7, 11) is 1.94. The van der Waals surface area contributed by atoms with Crippen LogP contribution in [0.3, 0.4) is 0 Å². The molecule has 0 radical (unpaired) electrons. The van der Waals surface area contributed by atoms with Gasteiger partial charge >= 0.3 is 0 Å². The van der Waals surface area contributed by atoms with E-state index in [9.17, 15) is 4.79 Å². The van der Waals surface area contributed by atoms with Gasteiger partial charge in [-0.1, -0.05) is 13.8 Å². The Morgan fingerprint density at radius 3 is 3.05 bits per heavy atom. The number of hydrogen-bond acceptors (Lipinski definition) is 4. The summed E-state index contributed by atoms with van der Waals surface area (Å²) in [6.07, 6.45) is 4.82. The number of carbonyl (C=O) groups is 1. The Kier molecular flexibility index (Phi) is 3.48. The Hall–Kier alpha value is -2.18. The third kappa shape index (κ3) is 2.55. The fraction of sp³-hybridized carbons (Fsp3) is 0.571. The van der Waals surface area contributed by atoms with Crippen LogP contribution in [0, 0.1) is 0 Å². The first-order valence-electron chi connectivity index (χ1n) is 7.30. The molecule has 2 N–H and O–H groups in total. The van der Waals surface area contributed by atoms with Crippen LogP contribution in [0.5, 0.6) is 0 Å². The molecule has 2 aromatic rings. The van der Waals surface area contributed by atoms with Crippen molar-refractivity contribution in [1.82, 2.24) is 30.3 Å². The van der Waals surface area contributed by atoms with Crippen LogP contribution in [-0.4, -0.2) is 30.9 Å². The maximum absolute atomic E-state index is 12.3. The minimum atomic E-state index is -0.236. The number of amides is 1. The maximum Gasteiger partial charge on any atom is 0.291 e. The molecular formula is C14H20N6O. The molecule has 2 heterocycles. The maximum atomic E-state index is 12.3. The molecule has 1 atom stereocenters. The van der Waals surface area contributed by atoms with Gasteiger partial charge in [-0.25, -0.2) is 4.98 Å². The van der Waals surface area contributed by atoms with Crippen LogP contribution in [0.2, 0.25) is 0 Å². The van der Waals surface area contributed by atoms with Crippen molar-refractivity contribution >= 4 is 5.91 Å². The second kappa shape index (κ2) is 5.31. The smallest absolute Gasteiger partial charge is 0.291 e. The minimum absolute atomic E-state index is 0.00375. The molecule has 0 spiro atoms. The molecule has 7 heteroatoms. The van der Waals surface area contributed by atoms with E-state index in [0.29, 0.717) is 0 Å². The average molecular weight is 288 g/mol. The van der Waals surface area contributed by atoms with Crippen molar-refractivity contribution in [2.75, 3.05) is 0 Å². The summed E-state index contributed by atoms with van der Waals surface area (Å²) in [6, 6.07) is -0.00375. The molecule has 1 aliphatic carbocycles. The van der Waals surface area contributed by atoms with E-state index in [-0.39, 0.29) is 23.7 Å². The number of aryl methyl sites for hydroxylation is 1. The molecule has 7 nitrogen and oxygen atoms in total. The average Bonchev–Trinajstić information content (AvgIpc) is 3.07. The highest BCUT2D eigenvalue weighted by Crippen LogP contribution is 2.29. The van der Waals surface area contributed by atoms with Gasteiger partial charge in [0.15, 0.2) is 0 Å². The highest BCUT2D eigenvalue weighted by atomic mass is 16.2. The second-order valence-corrected chi connectivity index (χ2v) is 5.79. The fourth-order valence-corrected chi connectivity index (χ4v) is 2.71. The number of fused-ring (bicyclic) bond motifs is 1. The monoisotopic (exact) mass is 288 g/mol. The molecule has 2 aromatic heterocycles. The number of hydrogen-bond donors (Lipinski definition) is 2. The highest BCUT2D eigenvalue weighted by Gasteiger charge is 2.26. The zero-order valence-corrected chi connectivity index (χ0v) is 12.6. The van der Waals surface area contributed by atoms with Crippen LogP contribution in [0.25, 0.3) is 0 Å². The third-order valence-electron chi connectivity index (χ3n) is 3.93. The Labute approximate surface area is 123 Å². The van der Waals surface area contributed by atoms with Crippen LogP contribution in [0.1, 0.15) is 66.3 Å². The summed E-state index contributed by atoms with van der Waals surface area (Å²) in [6.45, 7) is 4.01. The molecule has 0 bridgehead atoms. The van der Waals surface area contributed by atoms with Crippen LogP contribution >= 0.6 is 0 Å². The lowest BCUT2D eigenvalue weighted by Crippen LogP contribution is -2.31. The minimum Gasteiger partial charge on any atom is -0.342 e. The Bertz CT molecular complexity index is 656. The number of carbonyl (C=O) groups excluding carboxylic acids is 1. The van der Waals surface area contributed by atoms with E-state index in [2.05, 4.69) is 25.6 Å². The first kappa shape index (κ1) is 13.8. The van der Waals surface area contributed by atoms with Gasteiger partial charge in [-0.05, 0) is 19.3 Å². The zero-order valence-electron chi connectivity index (χ0n) is 12.6. The second-order valence-electron chi connectivity index (χ2n) is 5.79. The van der Waals surface area contributed by atoms with E-state index in [1.165, 1.54) is 5.69 Å². The molecule has 3 rings (SSSR count). The lowest BCUT2D eigenvalue weighted by molar-refractivity contribution is 0.0922.